The predicted octanol–water partition coefficient (Wildman–Crippen LogP) is 6.92. The molecule has 144 valence electrons. The molecular formula is C27H24ClN. The topological polar surface area (TPSA) is 3.24 Å². The molecule has 2 aliphatic rings. The highest BCUT2D eigenvalue weighted by Gasteiger charge is 2.22. The van der Waals surface area contributed by atoms with E-state index in [9.17, 15) is 0 Å². The predicted molar refractivity (Wildman–Crippen MR) is 124 cm³/mol. The molecule has 0 spiro atoms. The molecule has 1 fully saturated rings. The third-order valence-electron chi connectivity index (χ3n) is 6.01. The highest BCUT2D eigenvalue weighted by atomic mass is 35.5. The van der Waals surface area contributed by atoms with Gasteiger partial charge in [0.25, 0.3) is 0 Å². The average Bonchev–Trinajstić information content (AvgIpc) is 2.91. The number of halogens is 1. The Morgan fingerprint density at radius 3 is 1.97 bits per heavy atom. The van der Waals surface area contributed by atoms with Gasteiger partial charge in [0.1, 0.15) is 0 Å². The quantitative estimate of drug-likeness (QED) is 0.354. The van der Waals surface area contributed by atoms with E-state index in [-0.39, 0.29) is 0 Å². The summed E-state index contributed by atoms with van der Waals surface area (Å²) < 4.78 is 0. The monoisotopic (exact) mass is 397 g/mol. The van der Waals surface area contributed by atoms with E-state index in [0.717, 1.165) is 37.5 Å². The molecule has 1 saturated heterocycles. The number of hydrogen-bond acceptors (Lipinski definition) is 1. The molecule has 3 aromatic rings. The van der Waals surface area contributed by atoms with Gasteiger partial charge in [-0.25, -0.2) is 0 Å². The van der Waals surface area contributed by atoms with E-state index < -0.39 is 0 Å². The molecule has 2 heteroatoms. The van der Waals surface area contributed by atoms with Crippen LogP contribution in [0.4, 0.5) is 0 Å². The number of benzene rings is 3. The number of likely N-dealkylation sites (tertiary alicyclic amines) is 1. The van der Waals surface area contributed by atoms with Crippen LogP contribution in [0, 0.1) is 0 Å². The van der Waals surface area contributed by atoms with Gasteiger partial charge in [-0.05, 0) is 58.4 Å². The zero-order chi connectivity index (χ0) is 19.6. The molecule has 1 nitrogen and oxygen atoms in total. The lowest BCUT2D eigenvalue weighted by Gasteiger charge is -2.30. The van der Waals surface area contributed by atoms with Gasteiger partial charge >= 0.3 is 0 Å². The van der Waals surface area contributed by atoms with Crippen molar-refractivity contribution < 1.29 is 0 Å². The summed E-state index contributed by atoms with van der Waals surface area (Å²) in [6, 6.07) is 25.8. The summed E-state index contributed by atoms with van der Waals surface area (Å²) in [5, 5.41) is 0.821. The number of nitrogens with zero attached hydrogens (tertiary/aromatic N) is 1. The van der Waals surface area contributed by atoms with Crippen molar-refractivity contribution in [2.75, 3.05) is 13.1 Å². The first-order valence-corrected chi connectivity index (χ1v) is 10.7. The van der Waals surface area contributed by atoms with Crippen LogP contribution in [0.1, 0.15) is 40.7 Å². The van der Waals surface area contributed by atoms with Crippen LogP contribution in [0.25, 0.3) is 17.7 Å². The maximum Gasteiger partial charge on any atom is 0.0409 e. The van der Waals surface area contributed by atoms with Crippen molar-refractivity contribution in [1.29, 1.82) is 0 Å². The zero-order valence-electron chi connectivity index (χ0n) is 16.4. The molecule has 0 bridgehead atoms. The minimum Gasteiger partial charge on any atom is -0.298 e. The fourth-order valence-corrected chi connectivity index (χ4v) is 4.78. The van der Waals surface area contributed by atoms with Crippen molar-refractivity contribution in [3.8, 4) is 0 Å². The van der Waals surface area contributed by atoms with Crippen molar-refractivity contribution in [3.63, 3.8) is 0 Å². The molecule has 3 aromatic carbocycles. The average molecular weight is 398 g/mol. The summed E-state index contributed by atoms with van der Waals surface area (Å²) >= 11 is 6.17. The lowest BCUT2D eigenvalue weighted by atomic mass is 9.86. The Kier molecular flexibility index (Phi) is 5.10. The maximum absolute atomic E-state index is 6.17. The standard InChI is InChI=1S/C27H24ClN/c28-24-9-5-6-20(18-24)19-29-16-14-23(15-17-29)27-25-10-3-1-7-21(25)12-13-22-8-2-4-11-26(22)27/h1-13,18H,14-17,19H2. The fourth-order valence-electron chi connectivity index (χ4n) is 4.57. The number of hydrogen-bond donors (Lipinski definition) is 0. The van der Waals surface area contributed by atoms with E-state index in [1.165, 1.54) is 33.4 Å². The van der Waals surface area contributed by atoms with Crippen LogP contribution < -0.4 is 0 Å². The fraction of sp³-hybridized carbons (Fsp3) is 0.185. The van der Waals surface area contributed by atoms with Crippen molar-refractivity contribution in [3.05, 3.63) is 111 Å². The lowest BCUT2D eigenvalue weighted by Crippen LogP contribution is -2.30. The zero-order valence-corrected chi connectivity index (χ0v) is 17.2. The summed E-state index contributed by atoms with van der Waals surface area (Å²) in [7, 11) is 0. The third kappa shape index (κ3) is 3.81. The molecule has 1 aliphatic heterocycles. The Labute approximate surface area is 178 Å². The Morgan fingerprint density at radius 2 is 1.34 bits per heavy atom. The van der Waals surface area contributed by atoms with Gasteiger partial charge in [-0.3, -0.25) is 4.90 Å². The third-order valence-corrected chi connectivity index (χ3v) is 6.25. The normalized spacial score (nSPS) is 16.3. The highest BCUT2D eigenvalue weighted by Crippen LogP contribution is 2.38. The molecule has 0 unspecified atom stereocenters. The van der Waals surface area contributed by atoms with E-state index >= 15 is 0 Å². The minimum atomic E-state index is 0.821. The molecule has 0 aromatic heterocycles. The number of piperidine rings is 1. The summed E-state index contributed by atoms with van der Waals surface area (Å²) in [6.45, 7) is 3.14. The summed E-state index contributed by atoms with van der Waals surface area (Å²) in [5.74, 6) is 0. The molecule has 29 heavy (non-hydrogen) atoms. The van der Waals surface area contributed by atoms with Crippen LogP contribution in [0.15, 0.2) is 78.4 Å². The van der Waals surface area contributed by atoms with Crippen LogP contribution in [-0.4, -0.2) is 18.0 Å². The first kappa shape index (κ1) is 18.4. The molecule has 0 atom stereocenters. The Balaban J connectivity index is 1.47. The molecule has 0 amide bonds. The van der Waals surface area contributed by atoms with Crippen molar-refractivity contribution in [2.45, 2.75) is 19.4 Å². The van der Waals surface area contributed by atoms with Gasteiger partial charge in [0.15, 0.2) is 0 Å². The number of rotatable bonds is 2. The van der Waals surface area contributed by atoms with E-state index in [0.29, 0.717) is 0 Å². The van der Waals surface area contributed by atoms with Crippen LogP contribution in [0.5, 0.6) is 0 Å². The van der Waals surface area contributed by atoms with Crippen molar-refractivity contribution in [1.82, 2.24) is 4.90 Å². The van der Waals surface area contributed by atoms with Gasteiger partial charge in [-0.2, -0.15) is 0 Å². The molecule has 5 rings (SSSR count). The second-order valence-corrected chi connectivity index (χ2v) is 8.33. The summed E-state index contributed by atoms with van der Waals surface area (Å²) in [5.41, 5.74) is 9.68. The summed E-state index contributed by atoms with van der Waals surface area (Å²) in [4.78, 5) is 2.54. The van der Waals surface area contributed by atoms with Gasteiger partial charge in [0.05, 0.1) is 0 Å². The van der Waals surface area contributed by atoms with Gasteiger partial charge < -0.3 is 0 Å². The second kappa shape index (κ2) is 8.02. The Morgan fingerprint density at radius 1 is 0.724 bits per heavy atom. The van der Waals surface area contributed by atoms with Gasteiger partial charge in [0.2, 0.25) is 0 Å². The largest absolute Gasteiger partial charge is 0.298 e. The van der Waals surface area contributed by atoms with Gasteiger partial charge in [0, 0.05) is 24.7 Å². The van der Waals surface area contributed by atoms with Crippen LogP contribution in [0.2, 0.25) is 5.02 Å². The maximum atomic E-state index is 6.17. The van der Waals surface area contributed by atoms with Gasteiger partial charge in [-0.1, -0.05) is 90.0 Å². The molecule has 0 radical (unpaired) electrons. The van der Waals surface area contributed by atoms with Crippen LogP contribution in [0.3, 0.4) is 0 Å². The van der Waals surface area contributed by atoms with E-state index in [4.69, 9.17) is 11.6 Å². The highest BCUT2D eigenvalue weighted by molar-refractivity contribution is 6.30. The van der Waals surface area contributed by atoms with Crippen LogP contribution in [-0.2, 0) is 6.54 Å². The Hall–Kier alpha value is -2.61. The lowest BCUT2D eigenvalue weighted by molar-refractivity contribution is 0.248. The molecule has 1 heterocycles. The van der Waals surface area contributed by atoms with E-state index in [1.807, 2.05) is 12.1 Å². The van der Waals surface area contributed by atoms with E-state index in [2.05, 4.69) is 77.7 Å². The minimum absolute atomic E-state index is 0.821. The van der Waals surface area contributed by atoms with Gasteiger partial charge in [-0.15, -0.1) is 0 Å². The first-order valence-electron chi connectivity index (χ1n) is 10.3. The molecule has 0 N–H and O–H groups in total. The smallest absolute Gasteiger partial charge is 0.0409 e. The van der Waals surface area contributed by atoms with Crippen LogP contribution >= 0.6 is 11.6 Å². The van der Waals surface area contributed by atoms with Crippen molar-refractivity contribution in [2.24, 2.45) is 0 Å². The molecular weight excluding hydrogens is 374 g/mol. The SMILES string of the molecule is Clc1cccc(CN2CCC(=C3c4ccccc4C=Cc4ccccc43)CC2)c1. The van der Waals surface area contributed by atoms with E-state index in [1.54, 1.807) is 5.57 Å². The molecule has 1 aliphatic carbocycles. The molecule has 0 saturated carbocycles. The summed E-state index contributed by atoms with van der Waals surface area (Å²) in [6.07, 6.45) is 6.74. The number of fused-ring (bicyclic) bond motifs is 2. The first-order chi connectivity index (χ1) is 14.3. The second-order valence-electron chi connectivity index (χ2n) is 7.89. The van der Waals surface area contributed by atoms with Crippen molar-refractivity contribution >= 4 is 29.3 Å². The Bertz CT molecular complexity index is 1050.